The molecule has 1 amide bonds. The largest absolute Gasteiger partial charge is 0.375 e. The zero-order valence-corrected chi connectivity index (χ0v) is 13.7. The monoisotopic (exact) mass is 327 g/mol. The summed E-state index contributed by atoms with van der Waals surface area (Å²) in [6.45, 7) is 1.58. The molecule has 0 spiro atoms. The molecule has 1 fully saturated rings. The molecular weight excluding hydrogens is 306 g/mol. The van der Waals surface area contributed by atoms with Gasteiger partial charge in [-0.3, -0.25) is 9.78 Å². The molecule has 0 saturated carbocycles. The van der Waals surface area contributed by atoms with Crippen molar-refractivity contribution in [3.8, 4) is 0 Å². The number of pyridine rings is 1. The van der Waals surface area contributed by atoms with Crippen LogP contribution >= 0.6 is 0 Å². The second kappa shape index (κ2) is 7.83. The summed E-state index contributed by atoms with van der Waals surface area (Å²) in [6, 6.07) is 5.64. The number of amides is 1. The summed E-state index contributed by atoms with van der Waals surface area (Å²) in [4.78, 5) is 27.0. The Balaban J connectivity index is 1.63. The predicted molar refractivity (Wildman–Crippen MR) is 90.0 cm³/mol. The van der Waals surface area contributed by atoms with Crippen LogP contribution in [0, 0.1) is 0 Å². The Bertz CT molecular complexity index is 662. The van der Waals surface area contributed by atoms with Crippen molar-refractivity contribution in [2.24, 2.45) is 0 Å². The van der Waals surface area contributed by atoms with E-state index in [9.17, 15) is 4.79 Å². The molecule has 24 heavy (non-hydrogen) atoms. The first-order valence-corrected chi connectivity index (χ1v) is 8.03. The number of carbonyl (C=O) groups is 1. The molecule has 1 saturated heterocycles. The third kappa shape index (κ3) is 4.05. The highest BCUT2D eigenvalue weighted by molar-refractivity contribution is 5.77. The van der Waals surface area contributed by atoms with Gasteiger partial charge in [-0.1, -0.05) is 6.07 Å². The minimum Gasteiger partial charge on any atom is -0.375 e. The van der Waals surface area contributed by atoms with Crippen molar-refractivity contribution < 1.29 is 9.53 Å². The second-order valence-electron chi connectivity index (χ2n) is 5.78. The Morgan fingerprint density at radius 3 is 2.92 bits per heavy atom. The minimum atomic E-state index is 0.0311. The molecular formula is C17H21N5O2. The number of hydrogen-bond acceptors (Lipinski definition) is 6. The first kappa shape index (κ1) is 16.3. The predicted octanol–water partition coefficient (Wildman–Crippen LogP) is 1.97. The standard InChI is InChI=1S/C17H21N5O2/c1-24-12-17(23)22-8-4-5-13(11-22)14-9-20-16(10-19-14)21-15-6-2-3-7-18-15/h2-3,6-7,9-10,13H,4-5,8,11-12H2,1H3,(H,18,20,21). The van der Waals surface area contributed by atoms with E-state index in [0.717, 1.165) is 30.9 Å². The lowest BCUT2D eigenvalue weighted by Crippen LogP contribution is -2.41. The first-order chi connectivity index (χ1) is 11.8. The number of nitrogens with one attached hydrogen (secondary N) is 1. The van der Waals surface area contributed by atoms with Gasteiger partial charge in [0.05, 0.1) is 18.1 Å². The van der Waals surface area contributed by atoms with Gasteiger partial charge >= 0.3 is 0 Å². The number of carbonyl (C=O) groups excluding carboxylic acids is 1. The van der Waals surface area contributed by atoms with E-state index in [1.807, 2.05) is 23.1 Å². The summed E-state index contributed by atoms with van der Waals surface area (Å²) in [5.41, 5.74) is 0.913. The number of nitrogens with zero attached hydrogens (tertiary/aromatic N) is 4. The smallest absolute Gasteiger partial charge is 0.248 e. The summed E-state index contributed by atoms with van der Waals surface area (Å²) in [6.07, 6.45) is 7.19. The van der Waals surface area contributed by atoms with E-state index in [0.29, 0.717) is 12.4 Å². The summed E-state index contributed by atoms with van der Waals surface area (Å²) in [5, 5.41) is 3.11. The summed E-state index contributed by atoms with van der Waals surface area (Å²) >= 11 is 0. The van der Waals surface area contributed by atoms with Crippen LogP contribution in [0.15, 0.2) is 36.8 Å². The van der Waals surface area contributed by atoms with Crippen LogP contribution in [-0.4, -0.2) is 52.6 Å². The molecule has 2 aromatic rings. The van der Waals surface area contributed by atoms with Gasteiger partial charge in [0.15, 0.2) is 0 Å². The van der Waals surface area contributed by atoms with E-state index >= 15 is 0 Å². The van der Waals surface area contributed by atoms with Crippen molar-refractivity contribution >= 4 is 17.5 Å². The van der Waals surface area contributed by atoms with Gasteiger partial charge in [-0.15, -0.1) is 0 Å². The number of methoxy groups -OCH3 is 1. The SMILES string of the molecule is COCC(=O)N1CCCC(c2cnc(Nc3ccccn3)cn2)C1. The number of aromatic nitrogens is 3. The third-order valence-corrected chi connectivity index (χ3v) is 4.05. The molecule has 0 aromatic carbocycles. The maximum atomic E-state index is 12.0. The maximum Gasteiger partial charge on any atom is 0.248 e. The Morgan fingerprint density at radius 1 is 1.29 bits per heavy atom. The molecule has 126 valence electrons. The van der Waals surface area contributed by atoms with Crippen molar-refractivity contribution in [2.75, 3.05) is 32.1 Å². The fourth-order valence-corrected chi connectivity index (χ4v) is 2.84. The minimum absolute atomic E-state index is 0.0311. The van der Waals surface area contributed by atoms with Gasteiger partial charge in [0.1, 0.15) is 18.2 Å². The Hall–Kier alpha value is -2.54. The normalized spacial score (nSPS) is 17.5. The molecule has 7 heteroatoms. The van der Waals surface area contributed by atoms with Gasteiger partial charge in [0.25, 0.3) is 0 Å². The molecule has 1 unspecified atom stereocenters. The zero-order chi connectivity index (χ0) is 16.8. The molecule has 0 bridgehead atoms. The lowest BCUT2D eigenvalue weighted by atomic mass is 9.95. The summed E-state index contributed by atoms with van der Waals surface area (Å²) < 4.78 is 4.94. The lowest BCUT2D eigenvalue weighted by Gasteiger charge is -2.32. The van der Waals surface area contributed by atoms with Crippen LogP contribution in [0.2, 0.25) is 0 Å². The molecule has 1 aliphatic rings. The second-order valence-corrected chi connectivity index (χ2v) is 5.78. The van der Waals surface area contributed by atoms with Crippen LogP contribution in [0.25, 0.3) is 0 Å². The van der Waals surface area contributed by atoms with Crippen molar-refractivity contribution in [1.29, 1.82) is 0 Å². The quantitative estimate of drug-likeness (QED) is 0.904. The highest BCUT2D eigenvalue weighted by atomic mass is 16.5. The zero-order valence-electron chi connectivity index (χ0n) is 13.7. The number of hydrogen-bond donors (Lipinski definition) is 1. The van der Waals surface area contributed by atoms with Crippen LogP contribution in [-0.2, 0) is 9.53 Å². The molecule has 0 radical (unpaired) electrons. The van der Waals surface area contributed by atoms with E-state index in [4.69, 9.17) is 4.74 Å². The van der Waals surface area contributed by atoms with Crippen molar-refractivity contribution in [3.05, 3.63) is 42.5 Å². The van der Waals surface area contributed by atoms with Crippen LogP contribution < -0.4 is 5.32 Å². The van der Waals surface area contributed by atoms with E-state index in [1.54, 1.807) is 18.6 Å². The fraction of sp³-hybridized carbons (Fsp3) is 0.412. The van der Waals surface area contributed by atoms with E-state index in [2.05, 4.69) is 20.3 Å². The van der Waals surface area contributed by atoms with Gasteiger partial charge in [0, 0.05) is 32.3 Å². The van der Waals surface area contributed by atoms with Gasteiger partial charge in [-0.2, -0.15) is 0 Å². The Kier molecular flexibility index (Phi) is 5.32. The number of likely N-dealkylation sites (tertiary alicyclic amines) is 1. The molecule has 7 nitrogen and oxygen atoms in total. The topological polar surface area (TPSA) is 80.2 Å². The average molecular weight is 327 g/mol. The van der Waals surface area contributed by atoms with E-state index in [1.165, 1.54) is 7.11 Å². The van der Waals surface area contributed by atoms with Crippen molar-refractivity contribution in [1.82, 2.24) is 19.9 Å². The molecule has 1 atom stereocenters. The van der Waals surface area contributed by atoms with Crippen molar-refractivity contribution in [3.63, 3.8) is 0 Å². The molecule has 0 aliphatic carbocycles. The number of rotatable bonds is 5. The molecule has 3 rings (SSSR count). The number of anilines is 2. The lowest BCUT2D eigenvalue weighted by molar-refractivity contribution is -0.136. The number of ether oxygens (including phenoxy) is 1. The van der Waals surface area contributed by atoms with Gasteiger partial charge < -0.3 is 15.0 Å². The van der Waals surface area contributed by atoms with Gasteiger partial charge in [-0.25, -0.2) is 9.97 Å². The van der Waals surface area contributed by atoms with E-state index < -0.39 is 0 Å². The fourth-order valence-electron chi connectivity index (χ4n) is 2.84. The molecule has 1 aliphatic heterocycles. The van der Waals surface area contributed by atoms with Crippen LogP contribution in [0.3, 0.4) is 0 Å². The van der Waals surface area contributed by atoms with Crippen LogP contribution in [0.4, 0.5) is 11.6 Å². The highest BCUT2D eigenvalue weighted by Gasteiger charge is 2.25. The van der Waals surface area contributed by atoms with Gasteiger partial charge in [-0.05, 0) is 25.0 Å². The molecule has 3 heterocycles. The van der Waals surface area contributed by atoms with Crippen LogP contribution in [0.1, 0.15) is 24.5 Å². The Labute approximate surface area is 141 Å². The van der Waals surface area contributed by atoms with E-state index in [-0.39, 0.29) is 18.4 Å². The van der Waals surface area contributed by atoms with Gasteiger partial charge in [0.2, 0.25) is 5.91 Å². The first-order valence-electron chi connectivity index (χ1n) is 8.03. The summed E-state index contributed by atoms with van der Waals surface area (Å²) in [7, 11) is 1.54. The average Bonchev–Trinajstić information content (AvgIpc) is 2.63. The highest BCUT2D eigenvalue weighted by Crippen LogP contribution is 2.25. The van der Waals surface area contributed by atoms with Crippen molar-refractivity contribution in [2.45, 2.75) is 18.8 Å². The molecule has 2 aromatic heterocycles. The third-order valence-electron chi connectivity index (χ3n) is 4.05. The molecule has 1 N–H and O–H groups in total. The number of piperidine rings is 1. The maximum absolute atomic E-state index is 12.0. The van der Waals surface area contributed by atoms with Crippen LogP contribution in [0.5, 0.6) is 0 Å². The Morgan fingerprint density at radius 2 is 2.21 bits per heavy atom. The summed E-state index contributed by atoms with van der Waals surface area (Å²) in [5.74, 6) is 1.63.